The van der Waals surface area contributed by atoms with E-state index in [1.54, 1.807) is 0 Å². The average Bonchev–Trinajstić information content (AvgIpc) is 2.46. The number of hydrogen-bond acceptors (Lipinski definition) is 3. The molecule has 0 bridgehead atoms. The summed E-state index contributed by atoms with van der Waals surface area (Å²) < 4.78 is 1.03. The van der Waals surface area contributed by atoms with E-state index in [1.807, 2.05) is 31.6 Å². The zero-order chi connectivity index (χ0) is 13.7. The van der Waals surface area contributed by atoms with Gasteiger partial charge in [0.15, 0.2) is 0 Å². The van der Waals surface area contributed by atoms with Crippen LogP contribution in [0.25, 0.3) is 0 Å². The van der Waals surface area contributed by atoms with Gasteiger partial charge in [-0.05, 0) is 53.2 Å². The minimum Gasteiger partial charge on any atom is -0.311 e. The molecule has 0 aromatic carbocycles. The van der Waals surface area contributed by atoms with Gasteiger partial charge in [-0.15, -0.1) is 0 Å². The Kier molecular flexibility index (Phi) is 5.05. The Morgan fingerprint density at radius 2 is 2.11 bits per heavy atom. The molecule has 0 saturated heterocycles. The fraction of sp³-hybridized carbons (Fsp3) is 0.333. The monoisotopic (exact) mass is 319 g/mol. The van der Waals surface area contributed by atoms with Crippen LogP contribution in [0.5, 0.6) is 0 Å². The summed E-state index contributed by atoms with van der Waals surface area (Å²) >= 11 is 3.55. The fourth-order valence-corrected chi connectivity index (χ4v) is 2.52. The molecule has 19 heavy (non-hydrogen) atoms. The van der Waals surface area contributed by atoms with Gasteiger partial charge in [0.25, 0.3) is 0 Å². The Morgan fingerprint density at radius 3 is 2.68 bits per heavy atom. The number of likely N-dealkylation sites (N-methyl/N-ethyl adjacent to an activating group) is 1. The van der Waals surface area contributed by atoms with E-state index >= 15 is 0 Å². The topological polar surface area (TPSA) is 37.8 Å². The van der Waals surface area contributed by atoms with Crippen molar-refractivity contribution in [3.8, 4) is 0 Å². The summed E-state index contributed by atoms with van der Waals surface area (Å²) in [6.45, 7) is 2.14. The Bertz CT molecular complexity index is 525. The number of aromatic nitrogens is 2. The molecule has 0 aliphatic heterocycles. The SMILES string of the molecule is CCc1ccc(CC(NC)c2ncccc2Br)nc1. The number of hydrogen-bond donors (Lipinski definition) is 1. The molecule has 1 N–H and O–H groups in total. The molecule has 0 radical (unpaired) electrons. The van der Waals surface area contributed by atoms with Gasteiger partial charge in [-0.1, -0.05) is 13.0 Å². The lowest BCUT2D eigenvalue weighted by Crippen LogP contribution is -2.21. The first-order chi connectivity index (χ1) is 9.24. The van der Waals surface area contributed by atoms with Gasteiger partial charge in [-0.25, -0.2) is 0 Å². The number of nitrogens with zero attached hydrogens (tertiary/aromatic N) is 2. The molecule has 0 aliphatic rings. The van der Waals surface area contributed by atoms with Crippen LogP contribution in [0.1, 0.15) is 29.9 Å². The van der Waals surface area contributed by atoms with Crippen molar-refractivity contribution in [1.29, 1.82) is 0 Å². The van der Waals surface area contributed by atoms with Crippen molar-refractivity contribution in [2.75, 3.05) is 7.05 Å². The van der Waals surface area contributed by atoms with Crippen LogP contribution in [0.15, 0.2) is 41.1 Å². The van der Waals surface area contributed by atoms with Crippen molar-refractivity contribution in [1.82, 2.24) is 15.3 Å². The van der Waals surface area contributed by atoms with Crippen LogP contribution in [0.4, 0.5) is 0 Å². The summed E-state index contributed by atoms with van der Waals surface area (Å²) in [7, 11) is 1.95. The van der Waals surface area contributed by atoms with Crippen molar-refractivity contribution in [3.05, 3.63) is 58.1 Å². The van der Waals surface area contributed by atoms with Crippen molar-refractivity contribution >= 4 is 15.9 Å². The zero-order valence-electron chi connectivity index (χ0n) is 11.2. The normalized spacial score (nSPS) is 12.4. The summed E-state index contributed by atoms with van der Waals surface area (Å²) in [6.07, 6.45) is 5.62. The predicted molar refractivity (Wildman–Crippen MR) is 81.1 cm³/mol. The largest absolute Gasteiger partial charge is 0.311 e. The van der Waals surface area contributed by atoms with E-state index < -0.39 is 0 Å². The minimum absolute atomic E-state index is 0.163. The van der Waals surface area contributed by atoms with E-state index in [-0.39, 0.29) is 6.04 Å². The molecule has 2 aromatic rings. The van der Waals surface area contributed by atoms with Gasteiger partial charge in [0.1, 0.15) is 0 Å². The molecule has 1 atom stereocenters. The first-order valence-corrected chi connectivity index (χ1v) is 7.25. The third-order valence-electron chi connectivity index (χ3n) is 3.17. The molecule has 100 valence electrons. The Morgan fingerprint density at radius 1 is 1.26 bits per heavy atom. The van der Waals surface area contributed by atoms with Crippen LogP contribution in [0.3, 0.4) is 0 Å². The third-order valence-corrected chi connectivity index (χ3v) is 3.84. The van der Waals surface area contributed by atoms with Gasteiger partial charge < -0.3 is 5.32 Å². The molecule has 4 heteroatoms. The van der Waals surface area contributed by atoms with Crippen LogP contribution in [0, 0.1) is 0 Å². The Balaban J connectivity index is 2.17. The highest BCUT2D eigenvalue weighted by molar-refractivity contribution is 9.10. The van der Waals surface area contributed by atoms with Gasteiger partial charge in [-0.3, -0.25) is 9.97 Å². The number of nitrogens with one attached hydrogen (secondary N) is 1. The second-order valence-corrected chi connectivity index (χ2v) is 5.28. The summed E-state index contributed by atoms with van der Waals surface area (Å²) in [5.41, 5.74) is 3.37. The molecule has 2 rings (SSSR count). The summed E-state index contributed by atoms with van der Waals surface area (Å²) in [5, 5.41) is 3.30. The molecule has 2 heterocycles. The lowest BCUT2D eigenvalue weighted by Gasteiger charge is -2.16. The molecule has 1 unspecified atom stereocenters. The second-order valence-electron chi connectivity index (χ2n) is 4.43. The van der Waals surface area contributed by atoms with E-state index in [9.17, 15) is 0 Å². The third kappa shape index (κ3) is 3.61. The van der Waals surface area contributed by atoms with Crippen LogP contribution in [0.2, 0.25) is 0 Å². The summed E-state index contributed by atoms with van der Waals surface area (Å²) in [6, 6.07) is 8.34. The molecule has 0 saturated carbocycles. The lowest BCUT2D eigenvalue weighted by molar-refractivity contribution is 0.566. The maximum absolute atomic E-state index is 4.51. The highest BCUT2D eigenvalue weighted by atomic mass is 79.9. The van der Waals surface area contributed by atoms with Crippen molar-refractivity contribution < 1.29 is 0 Å². The van der Waals surface area contributed by atoms with Gasteiger partial charge in [-0.2, -0.15) is 0 Å². The smallest absolute Gasteiger partial charge is 0.0718 e. The summed E-state index contributed by atoms with van der Waals surface area (Å²) in [4.78, 5) is 8.95. The molecule has 0 fully saturated rings. The molecule has 0 aliphatic carbocycles. The highest BCUT2D eigenvalue weighted by Gasteiger charge is 2.15. The fourth-order valence-electron chi connectivity index (χ4n) is 1.98. The molecule has 0 amide bonds. The average molecular weight is 320 g/mol. The number of rotatable bonds is 5. The maximum atomic E-state index is 4.51. The molecular weight excluding hydrogens is 302 g/mol. The molecule has 2 aromatic heterocycles. The van der Waals surface area contributed by atoms with E-state index in [0.717, 1.165) is 28.7 Å². The quantitative estimate of drug-likeness (QED) is 0.918. The van der Waals surface area contributed by atoms with Gasteiger partial charge in [0.2, 0.25) is 0 Å². The second kappa shape index (κ2) is 6.78. The maximum Gasteiger partial charge on any atom is 0.0718 e. The van der Waals surface area contributed by atoms with E-state index in [4.69, 9.17) is 0 Å². The van der Waals surface area contributed by atoms with Gasteiger partial charge >= 0.3 is 0 Å². The molecule has 0 spiro atoms. The van der Waals surface area contributed by atoms with Crippen LogP contribution >= 0.6 is 15.9 Å². The van der Waals surface area contributed by atoms with Crippen molar-refractivity contribution in [2.24, 2.45) is 0 Å². The van der Waals surface area contributed by atoms with Crippen molar-refractivity contribution in [3.63, 3.8) is 0 Å². The Hall–Kier alpha value is -1.26. The van der Waals surface area contributed by atoms with Crippen LogP contribution < -0.4 is 5.32 Å². The number of pyridine rings is 2. The van der Waals surface area contributed by atoms with Crippen molar-refractivity contribution in [2.45, 2.75) is 25.8 Å². The van der Waals surface area contributed by atoms with Gasteiger partial charge in [0.05, 0.1) is 11.7 Å². The number of aryl methyl sites for hydroxylation is 1. The van der Waals surface area contributed by atoms with E-state index in [0.29, 0.717) is 0 Å². The summed E-state index contributed by atoms with van der Waals surface area (Å²) in [5.74, 6) is 0. The van der Waals surface area contributed by atoms with E-state index in [1.165, 1.54) is 5.56 Å². The minimum atomic E-state index is 0.163. The highest BCUT2D eigenvalue weighted by Crippen LogP contribution is 2.23. The first kappa shape index (κ1) is 14.2. The van der Waals surface area contributed by atoms with Crippen LogP contribution in [-0.4, -0.2) is 17.0 Å². The standard InChI is InChI=1S/C15H18BrN3/c1-3-11-6-7-12(19-10-11)9-14(17-2)15-13(16)5-4-8-18-15/h4-8,10,14,17H,3,9H2,1-2H3. The molecule has 3 nitrogen and oxygen atoms in total. The van der Waals surface area contributed by atoms with E-state index in [2.05, 4.69) is 50.3 Å². The zero-order valence-corrected chi connectivity index (χ0v) is 12.8. The lowest BCUT2D eigenvalue weighted by atomic mass is 10.1. The van der Waals surface area contributed by atoms with Crippen LogP contribution in [-0.2, 0) is 12.8 Å². The van der Waals surface area contributed by atoms with Gasteiger partial charge in [0, 0.05) is 29.0 Å². The predicted octanol–water partition coefficient (Wildman–Crippen LogP) is 3.30. The first-order valence-electron chi connectivity index (χ1n) is 6.46. The molecular formula is C15H18BrN3. The number of halogens is 1. The Labute approximate surface area is 122 Å².